The maximum atomic E-state index is 14.8. The highest BCUT2D eigenvalue weighted by molar-refractivity contribution is 6.11. The Kier molecular flexibility index (Phi) is 8.34. The van der Waals surface area contributed by atoms with Crippen molar-refractivity contribution in [2.24, 2.45) is 0 Å². The topological polar surface area (TPSA) is 83.6 Å². The van der Waals surface area contributed by atoms with Crippen molar-refractivity contribution in [3.63, 3.8) is 0 Å². The van der Waals surface area contributed by atoms with Crippen LogP contribution in [0.5, 0.6) is 5.75 Å². The number of hydrogen-bond donors (Lipinski definition) is 3. The highest BCUT2D eigenvalue weighted by Crippen LogP contribution is 2.36. The maximum absolute atomic E-state index is 14.8. The summed E-state index contributed by atoms with van der Waals surface area (Å²) in [6.45, 7) is 8.16. The van der Waals surface area contributed by atoms with Crippen molar-refractivity contribution >= 4 is 11.5 Å². The van der Waals surface area contributed by atoms with Crippen LogP contribution in [0.4, 0.5) is 8.78 Å². The van der Waals surface area contributed by atoms with Gasteiger partial charge in [0.25, 0.3) is 0 Å². The number of benzene rings is 3. The number of aromatic hydroxyl groups is 1. The molecule has 0 spiro atoms. The van der Waals surface area contributed by atoms with E-state index in [1.807, 2.05) is 4.90 Å². The molecule has 1 aliphatic heterocycles. The molecule has 3 aromatic carbocycles. The molecule has 1 unspecified atom stereocenters. The fourth-order valence-corrected chi connectivity index (χ4v) is 4.87. The predicted octanol–water partition coefficient (Wildman–Crippen LogP) is 5.36. The van der Waals surface area contributed by atoms with E-state index in [1.165, 1.54) is 30.3 Å². The van der Waals surface area contributed by atoms with Gasteiger partial charge in [0, 0.05) is 56.5 Å². The van der Waals surface area contributed by atoms with Gasteiger partial charge < -0.3 is 20.2 Å². The summed E-state index contributed by atoms with van der Waals surface area (Å²) < 4.78 is 33.7. The second kappa shape index (κ2) is 11.7. The highest BCUT2D eigenvalue weighted by Gasteiger charge is 2.26. The molecule has 1 saturated heterocycles. The molecule has 0 amide bonds. The van der Waals surface area contributed by atoms with Gasteiger partial charge in [-0.05, 0) is 66.1 Å². The Labute approximate surface area is 221 Å². The van der Waals surface area contributed by atoms with Crippen molar-refractivity contribution in [2.45, 2.75) is 19.6 Å². The van der Waals surface area contributed by atoms with Gasteiger partial charge in [0.2, 0.25) is 0 Å². The Bertz CT molecular complexity index is 1330. The molecule has 198 valence electrons. The minimum absolute atomic E-state index is 0.0579. The van der Waals surface area contributed by atoms with E-state index in [0.717, 1.165) is 5.56 Å². The van der Waals surface area contributed by atoms with Crippen molar-refractivity contribution in [1.29, 1.82) is 10.8 Å². The van der Waals surface area contributed by atoms with Gasteiger partial charge in [0.05, 0.1) is 5.56 Å². The van der Waals surface area contributed by atoms with Crippen LogP contribution in [0.3, 0.4) is 0 Å². The van der Waals surface area contributed by atoms with Gasteiger partial charge in [-0.3, -0.25) is 10.3 Å². The third-order valence-electron chi connectivity index (χ3n) is 6.93. The van der Waals surface area contributed by atoms with Crippen LogP contribution in [0, 0.1) is 29.4 Å². The highest BCUT2D eigenvalue weighted by atomic mass is 19.1. The van der Waals surface area contributed by atoms with E-state index in [9.17, 15) is 13.9 Å². The summed E-state index contributed by atoms with van der Waals surface area (Å²) in [7, 11) is 1.64. The van der Waals surface area contributed by atoms with Crippen molar-refractivity contribution in [2.75, 3.05) is 33.3 Å². The number of ether oxygens (including phenoxy) is 1. The number of nitrogens with one attached hydrogen (secondary N) is 2. The summed E-state index contributed by atoms with van der Waals surface area (Å²) in [5, 5.41) is 28.5. The molecule has 1 heterocycles. The van der Waals surface area contributed by atoms with Gasteiger partial charge in [-0.25, -0.2) is 8.78 Å². The largest absolute Gasteiger partial charge is 0.507 e. The van der Waals surface area contributed by atoms with E-state index in [0.29, 0.717) is 48.4 Å². The average Bonchev–Trinajstić information content (AvgIpc) is 2.91. The van der Waals surface area contributed by atoms with Gasteiger partial charge in [-0.2, -0.15) is 0 Å². The number of rotatable bonds is 8. The lowest BCUT2D eigenvalue weighted by atomic mass is 9.89. The minimum atomic E-state index is -0.571. The quantitative estimate of drug-likeness (QED) is 0.213. The van der Waals surface area contributed by atoms with Crippen molar-refractivity contribution < 1.29 is 18.6 Å². The number of piperazine rings is 1. The first-order valence-electron chi connectivity index (χ1n) is 12.4. The summed E-state index contributed by atoms with van der Waals surface area (Å²) in [6.07, 6.45) is 1.76. The van der Waals surface area contributed by atoms with E-state index in [1.54, 1.807) is 44.4 Å². The van der Waals surface area contributed by atoms with Crippen LogP contribution in [0.15, 0.2) is 67.3 Å². The van der Waals surface area contributed by atoms with E-state index in [-0.39, 0.29) is 41.3 Å². The molecule has 0 aromatic heterocycles. The van der Waals surface area contributed by atoms with Crippen LogP contribution in [0.25, 0.3) is 11.1 Å². The number of halogens is 2. The fourth-order valence-electron chi connectivity index (χ4n) is 4.87. The maximum Gasteiger partial charge on any atom is 0.134 e. The van der Waals surface area contributed by atoms with E-state index in [4.69, 9.17) is 15.6 Å². The summed E-state index contributed by atoms with van der Waals surface area (Å²) in [5.41, 5.74) is 3.15. The molecule has 1 atom stereocenters. The Morgan fingerprint density at radius 2 is 1.74 bits per heavy atom. The van der Waals surface area contributed by atoms with Gasteiger partial charge >= 0.3 is 0 Å². The third kappa shape index (κ3) is 5.66. The first-order chi connectivity index (χ1) is 18.2. The van der Waals surface area contributed by atoms with Crippen molar-refractivity contribution in [3.8, 4) is 16.9 Å². The SMILES string of the molecule is C=CC(OC)N1CCN(C(=N)c2cc(C)c(-c3c(O)cccc3F)cc2C(=N)Cc2ccc(F)cc2)CC1. The minimum Gasteiger partial charge on any atom is -0.507 e. The Morgan fingerprint density at radius 3 is 2.34 bits per heavy atom. The smallest absolute Gasteiger partial charge is 0.134 e. The van der Waals surface area contributed by atoms with Crippen LogP contribution < -0.4 is 0 Å². The lowest BCUT2D eigenvalue weighted by Gasteiger charge is -2.39. The fraction of sp³-hybridized carbons (Fsp3) is 0.267. The lowest BCUT2D eigenvalue weighted by molar-refractivity contribution is -0.0144. The molecule has 1 aliphatic rings. The van der Waals surface area contributed by atoms with Gasteiger partial charge in [-0.1, -0.05) is 24.8 Å². The lowest BCUT2D eigenvalue weighted by Crippen LogP contribution is -2.52. The molecule has 0 saturated carbocycles. The second-order valence-electron chi connectivity index (χ2n) is 9.36. The van der Waals surface area contributed by atoms with Crippen molar-refractivity contribution in [3.05, 3.63) is 101 Å². The molecule has 3 N–H and O–H groups in total. The average molecular weight is 519 g/mol. The van der Waals surface area contributed by atoms with Gasteiger partial charge in [0.1, 0.15) is 29.4 Å². The number of phenolic OH excluding ortho intramolecular Hbond substituents is 1. The molecular weight excluding hydrogens is 486 g/mol. The molecule has 0 aliphatic carbocycles. The summed E-state index contributed by atoms with van der Waals surface area (Å²) >= 11 is 0. The van der Waals surface area contributed by atoms with Crippen molar-refractivity contribution in [1.82, 2.24) is 9.80 Å². The molecular formula is C30H32F2N4O2. The summed E-state index contributed by atoms with van der Waals surface area (Å²) in [6, 6.07) is 13.5. The Balaban J connectivity index is 1.72. The first kappa shape index (κ1) is 27.2. The Morgan fingerprint density at radius 1 is 1.05 bits per heavy atom. The van der Waals surface area contributed by atoms with Crippen LogP contribution in [-0.4, -0.2) is 66.0 Å². The number of methoxy groups -OCH3 is 1. The second-order valence-corrected chi connectivity index (χ2v) is 9.36. The van der Waals surface area contributed by atoms with Crippen LogP contribution >= 0.6 is 0 Å². The predicted molar refractivity (Wildman–Crippen MR) is 146 cm³/mol. The van der Waals surface area contributed by atoms with Crippen LogP contribution in [-0.2, 0) is 11.2 Å². The number of nitrogens with zero attached hydrogens (tertiary/aromatic N) is 2. The molecule has 38 heavy (non-hydrogen) atoms. The normalized spacial score (nSPS) is 14.8. The monoisotopic (exact) mass is 518 g/mol. The third-order valence-corrected chi connectivity index (χ3v) is 6.93. The van der Waals surface area contributed by atoms with Crippen LogP contribution in [0.2, 0.25) is 0 Å². The molecule has 0 bridgehead atoms. The molecule has 1 fully saturated rings. The van der Waals surface area contributed by atoms with E-state index >= 15 is 0 Å². The molecule has 0 radical (unpaired) electrons. The van der Waals surface area contributed by atoms with E-state index in [2.05, 4.69) is 11.5 Å². The Hall–Kier alpha value is -3.88. The molecule has 6 nitrogen and oxygen atoms in total. The molecule has 8 heteroatoms. The van der Waals surface area contributed by atoms with Gasteiger partial charge in [-0.15, -0.1) is 0 Å². The van der Waals surface area contributed by atoms with Gasteiger partial charge in [0.15, 0.2) is 0 Å². The number of amidine groups is 1. The number of phenols is 1. The molecule has 4 rings (SSSR count). The summed E-state index contributed by atoms with van der Waals surface area (Å²) in [4.78, 5) is 4.10. The zero-order valence-electron chi connectivity index (χ0n) is 21.6. The zero-order chi connectivity index (χ0) is 27.4. The van der Waals surface area contributed by atoms with Crippen LogP contribution in [0.1, 0.15) is 22.3 Å². The standard InChI is InChI=1S/C30H32F2N4O2/c1-4-28(38-3)35-12-14-36(15-13-35)30(34)24-16-19(2)22(29-25(32)6-5-7-27(29)37)18-23(24)26(33)17-20-8-10-21(31)11-9-20/h4-11,16,18,28,33-34,37H,1,12-15,17H2,2-3H3. The number of aryl methyl sites for hydroxylation is 1. The summed E-state index contributed by atoms with van der Waals surface area (Å²) in [5.74, 6) is -0.860. The molecule has 3 aromatic rings. The number of hydrogen-bond acceptors (Lipinski definition) is 5. The first-order valence-corrected chi connectivity index (χ1v) is 12.4. The van der Waals surface area contributed by atoms with E-state index < -0.39 is 5.82 Å². The zero-order valence-corrected chi connectivity index (χ0v) is 21.6.